The van der Waals surface area contributed by atoms with Gasteiger partial charge in [-0.05, 0) is 50.3 Å². The number of esters is 1. The fourth-order valence-corrected chi connectivity index (χ4v) is 5.32. The van der Waals surface area contributed by atoms with E-state index in [4.69, 9.17) is 21.1 Å². The van der Waals surface area contributed by atoms with Crippen molar-refractivity contribution in [2.75, 3.05) is 26.3 Å². The van der Waals surface area contributed by atoms with Gasteiger partial charge in [0.25, 0.3) is 0 Å². The van der Waals surface area contributed by atoms with Gasteiger partial charge in [0.1, 0.15) is 6.61 Å². The first kappa shape index (κ1) is 23.3. The van der Waals surface area contributed by atoms with Gasteiger partial charge in [-0.2, -0.15) is 17.5 Å². The Balaban J connectivity index is 1.59. The molecule has 0 saturated carbocycles. The summed E-state index contributed by atoms with van der Waals surface area (Å²) in [6.07, 6.45) is -1.52. The lowest BCUT2D eigenvalue weighted by Gasteiger charge is -2.30. The molecule has 168 valence electrons. The summed E-state index contributed by atoms with van der Waals surface area (Å²) < 4.78 is 76.6. The van der Waals surface area contributed by atoms with Gasteiger partial charge in [0.05, 0.1) is 27.5 Å². The molecule has 0 bridgehead atoms. The van der Waals surface area contributed by atoms with Crippen molar-refractivity contribution in [2.45, 2.75) is 49.3 Å². The number of halogens is 4. The van der Waals surface area contributed by atoms with E-state index in [9.17, 15) is 26.4 Å². The predicted molar refractivity (Wildman–Crippen MR) is 102 cm³/mol. The number of hydrogen-bond acceptors (Lipinski definition) is 5. The second kappa shape index (κ2) is 9.42. The van der Waals surface area contributed by atoms with E-state index >= 15 is 0 Å². The van der Waals surface area contributed by atoms with E-state index < -0.39 is 43.6 Å². The Hall–Kier alpha value is -1.36. The van der Waals surface area contributed by atoms with Crippen molar-refractivity contribution in [1.82, 2.24) is 4.31 Å². The van der Waals surface area contributed by atoms with Crippen molar-refractivity contribution in [1.29, 1.82) is 0 Å². The van der Waals surface area contributed by atoms with E-state index in [1.807, 2.05) is 0 Å². The molecule has 0 spiro atoms. The van der Waals surface area contributed by atoms with Gasteiger partial charge in [0.15, 0.2) is 0 Å². The van der Waals surface area contributed by atoms with Crippen LogP contribution in [0.3, 0.4) is 0 Å². The van der Waals surface area contributed by atoms with Crippen LogP contribution in [0.5, 0.6) is 0 Å². The highest BCUT2D eigenvalue weighted by atomic mass is 35.5. The number of piperidine rings is 1. The minimum Gasteiger partial charge on any atom is -0.463 e. The van der Waals surface area contributed by atoms with E-state index in [2.05, 4.69) is 0 Å². The van der Waals surface area contributed by atoms with Crippen LogP contribution in [0.2, 0.25) is 5.02 Å². The summed E-state index contributed by atoms with van der Waals surface area (Å²) in [7, 11) is -4.14. The molecule has 3 rings (SSSR count). The molecule has 0 amide bonds. The van der Waals surface area contributed by atoms with E-state index in [0.29, 0.717) is 12.7 Å². The van der Waals surface area contributed by atoms with Gasteiger partial charge in [-0.15, -0.1) is 0 Å². The van der Waals surface area contributed by atoms with Crippen LogP contribution in [0.4, 0.5) is 13.2 Å². The number of rotatable bonds is 5. The molecule has 0 radical (unpaired) electrons. The first-order valence-corrected chi connectivity index (χ1v) is 11.6. The zero-order valence-electron chi connectivity index (χ0n) is 16.2. The summed E-state index contributed by atoms with van der Waals surface area (Å²) in [6.45, 7) is 0.875. The molecule has 2 fully saturated rings. The Labute approximate surface area is 178 Å². The van der Waals surface area contributed by atoms with E-state index in [-0.39, 0.29) is 38.6 Å². The second-order valence-electron chi connectivity index (χ2n) is 7.44. The summed E-state index contributed by atoms with van der Waals surface area (Å²) in [5, 5.41) is -0.565. The lowest BCUT2D eigenvalue weighted by molar-refractivity contribution is -0.155. The topological polar surface area (TPSA) is 72.9 Å². The molecular formula is C19H23ClF3NO5S. The summed E-state index contributed by atoms with van der Waals surface area (Å²) in [6, 6.07) is 2.52. The van der Waals surface area contributed by atoms with Crippen LogP contribution in [0.1, 0.15) is 37.7 Å². The maximum absolute atomic E-state index is 13.1. The zero-order valence-corrected chi connectivity index (χ0v) is 17.7. The molecule has 1 unspecified atom stereocenters. The minimum atomic E-state index is -4.76. The number of hydrogen-bond donors (Lipinski definition) is 0. The summed E-state index contributed by atoms with van der Waals surface area (Å²) in [5.41, 5.74) is -1.20. The summed E-state index contributed by atoms with van der Waals surface area (Å²) in [5.74, 6) is -0.844. The molecule has 2 aliphatic rings. The van der Waals surface area contributed by atoms with Crippen LogP contribution in [-0.2, 0) is 30.5 Å². The lowest BCUT2D eigenvalue weighted by Crippen LogP contribution is -2.41. The van der Waals surface area contributed by atoms with Gasteiger partial charge in [0.2, 0.25) is 10.0 Å². The highest BCUT2D eigenvalue weighted by Gasteiger charge is 2.37. The van der Waals surface area contributed by atoms with Crippen molar-refractivity contribution in [3.8, 4) is 0 Å². The standard InChI is InChI=1S/C19H23ClF3NO5S/c20-17-5-4-15(11-16(17)19(21,22)23)30(26,27)24-8-6-13(7-9-24)18(25)29-12-14-3-1-2-10-28-14/h4-5,11,13-14H,1-3,6-10,12H2. The van der Waals surface area contributed by atoms with Crippen molar-refractivity contribution < 1.29 is 35.9 Å². The number of ether oxygens (including phenoxy) is 2. The molecule has 0 aromatic heterocycles. The first-order chi connectivity index (χ1) is 14.1. The molecule has 2 saturated heterocycles. The molecule has 2 heterocycles. The van der Waals surface area contributed by atoms with Crippen molar-refractivity contribution in [3.63, 3.8) is 0 Å². The minimum absolute atomic E-state index is 0.0198. The zero-order chi connectivity index (χ0) is 21.9. The van der Waals surface area contributed by atoms with Crippen molar-refractivity contribution >= 4 is 27.6 Å². The average molecular weight is 470 g/mol. The molecule has 6 nitrogen and oxygen atoms in total. The average Bonchev–Trinajstić information content (AvgIpc) is 2.72. The van der Waals surface area contributed by atoms with Crippen molar-refractivity contribution in [2.24, 2.45) is 5.92 Å². The molecule has 0 N–H and O–H groups in total. The highest BCUT2D eigenvalue weighted by Crippen LogP contribution is 2.36. The SMILES string of the molecule is O=C(OCC1CCCCO1)C1CCN(S(=O)(=O)c2ccc(Cl)c(C(F)(F)F)c2)CC1. The molecular weight excluding hydrogens is 447 g/mol. The Morgan fingerprint density at radius 1 is 1.20 bits per heavy atom. The molecule has 30 heavy (non-hydrogen) atoms. The second-order valence-corrected chi connectivity index (χ2v) is 9.78. The number of benzene rings is 1. The van der Waals surface area contributed by atoms with E-state index in [1.165, 1.54) is 0 Å². The summed E-state index contributed by atoms with van der Waals surface area (Å²) in [4.78, 5) is 11.8. The van der Waals surface area contributed by atoms with Gasteiger partial charge in [0, 0.05) is 19.7 Å². The number of sulfonamides is 1. The third kappa shape index (κ3) is 5.46. The largest absolute Gasteiger partial charge is 0.463 e. The van der Waals surface area contributed by atoms with Crippen LogP contribution in [-0.4, -0.2) is 51.1 Å². The van der Waals surface area contributed by atoms with Gasteiger partial charge in [-0.3, -0.25) is 4.79 Å². The Bertz CT molecular complexity index is 863. The van der Waals surface area contributed by atoms with Gasteiger partial charge in [-0.25, -0.2) is 8.42 Å². The highest BCUT2D eigenvalue weighted by molar-refractivity contribution is 7.89. The fraction of sp³-hybridized carbons (Fsp3) is 0.632. The van der Waals surface area contributed by atoms with Crippen LogP contribution in [0, 0.1) is 5.92 Å². The maximum atomic E-state index is 13.1. The van der Waals surface area contributed by atoms with Gasteiger partial charge < -0.3 is 9.47 Å². The summed E-state index contributed by atoms with van der Waals surface area (Å²) >= 11 is 5.57. The van der Waals surface area contributed by atoms with Crippen LogP contribution in [0.25, 0.3) is 0 Å². The molecule has 11 heteroatoms. The Kier molecular flexibility index (Phi) is 7.32. The lowest BCUT2D eigenvalue weighted by atomic mass is 9.98. The number of alkyl halides is 3. The maximum Gasteiger partial charge on any atom is 0.417 e. The molecule has 1 atom stereocenters. The van der Waals surface area contributed by atoms with Crippen LogP contribution < -0.4 is 0 Å². The molecule has 1 aromatic rings. The number of carbonyl (C=O) groups is 1. The Morgan fingerprint density at radius 3 is 2.50 bits per heavy atom. The van der Waals surface area contributed by atoms with Crippen molar-refractivity contribution in [3.05, 3.63) is 28.8 Å². The molecule has 0 aliphatic carbocycles. The van der Waals surface area contributed by atoms with Crippen LogP contribution >= 0.6 is 11.6 Å². The van der Waals surface area contributed by atoms with Crippen LogP contribution in [0.15, 0.2) is 23.1 Å². The normalized spacial score (nSPS) is 22.1. The molecule has 2 aliphatic heterocycles. The first-order valence-electron chi connectivity index (χ1n) is 9.74. The number of carbonyl (C=O) groups excluding carboxylic acids is 1. The Morgan fingerprint density at radius 2 is 1.90 bits per heavy atom. The monoisotopic (exact) mass is 469 g/mol. The third-order valence-electron chi connectivity index (χ3n) is 5.35. The number of nitrogens with zero attached hydrogens (tertiary/aromatic N) is 1. The fourth-order valence-electron chi connectivity index (χ4n) is 3.59. The molecule has 1 aromatic carbocycles. The van der Waals surface area contributed by atoms with Gasteiger partial charge in [-0.1, -0.05) is 11.6 Å². The van der Waals surface area contributed by atoms with Gasteiger partial charge >= 0.3 is 12.1 Å². The van der Waals surface area contributed by atoms with E-state index in [0.717, 1.165) is 35.7 Å². The quantitative estimate of drug-likeness (QED) is 0.612. The predicted octanol–water partition coefficient (Wildman–Crippen LogP) is 3.87. The van der Waals surface area contributed by atoms with E-state index in [1.54, 1.807) is 0 Å². The smallest absolute Gasteiger partial charge is 0.417 e. The third-order valence-corrected chi connectivity index (χ3v) is 7.58.